The van der Waals surface area contributed by atoms with E-state index in [-0.39, 0.29) is 11.5 Å². The first-order chi connectivity index (χ1) is 8.58. The lowest BCUT2D eigenvalue weighted by atomic mass is 9.76. The van der Waals surface area contributed by atoms with Crippen LogP contribution in [-0.2, 0) is 0 Å². The minimum atomic E-state index is -0.422. The summed E-state index contributed by atoms with van der Waals surface area (Å²) in [4.78, 5) is 10.1. The summed E-state index contributed by atoms with van der Waals surface area (Å²) in [5.41, 5.74) is 1.89. The molecule has 2 radical (unpaired) electrons. The van der Waals surface area contributed by atoms with Crippen LogP contribution in [0.25, 0.3) is 0 Å². The van der Waals surface area contributed by atoms with Crippen LogP contribution in [0.3, 0.4) is 0 Å². The monoisotopic (exact) mass is 301 g/mol. The third kappa shape index (κ3) is 2.79. The second-order valence-electron chi connectivity index (χ2n) is 3.88. The summed E-state index contributed by atoms with van der Waals surface area (Å²) in [6, 6.07) is 14.0. The van der Waals surface area contributed by atoms with Crippen molar-refractivity contribution in [3.63, 3.8) is 0 Å². The second kappa shape index (κ2) is 5.35. The average Bonchev–Trinajstić information content (AvgIpc) is 2.39. The Morgan fingerprint density at radius 2 is 1.44 bits per heavy atom. The van der Waals surface area contributed by atoms with Crippen molar-refractivity contribution in [1.82, 2.24) is 0 Å². The molecule has 0 saturated carbocycles. The molecule has 2 aromatic rings. The maximum absolute atomic E-state index is 10.6. The molecular weight excluding hydrogens is 293 g/mol. The van der Waals surface area contributed by atoms with Crippen LogP contribution in [0.5, 0.6) is 0 Å². The van der Waals surface area contributed by atoms with Crippen LogP contribution in [0.15, 0.2) is 53.0 Å². The number of non-ortho nitro benzene ring substituents is 1. The number of hydrogen-bond donors (Lipinski definition) is 0. The van der Waals surface area contributed by atoms with Gasteiger partial charge in [-0.2, -0.15) is 0 Å². The van der Waals surface area contributed by atoms with Crippen molar-refractivity contribution in [3.05, 3.63) is 74.2 Å². The standard InChI is InChI=1S/C13H9BBrNO2/c14-13(9-1-5-11(15)6-2-9)10-3-7-12(8-4-10)16(17)18/h1-8,13H. The van der Waals surface area contributed by atoms with Gasteiger partial charge >= 0.3 is 0 Å². The normalized spacial score (nSPS) is 12.1. The highest BCUT2D eigenvalue weighted by Crippen LogP contribution is 2.24. The van der Waals surface area contributed by atoms with Crippen molar-refractivity contribution >= 4 is 29.5 Å². The zero-order valence-corrected chi connectivity index (χ0v) is 11.0. The quantitative estimate of drug-likeness (QED) is 0.494. The van der Waals surface area contributed by atoms with E-state index in [1.165, 1.54) is 12.1 Å². The molecule has 5 heteroatoms. The molecule has 0 saturated heterocycles. The zero-order valence-electron chi connectivity index (χ0n) is 9.42. The highest BCUT2D eigenvalue weighted by molar-refractivity contribution is 9.10. The van der Waals surface area contributed by atoms with Gasteiger partial charge in [-0.3, -0.25) is 10.1 Å². The number of nitrogens with zero attached hydrogens (tertiary/aromatic N) is 1. The van der Waals surface area contributed by atoms with Gasteiger partial charge in [0.1, 0.15) is 0 Å². The molecule has 0 fully saturated rings. The van der Waals surface area contributed by atoms with E-state index in [1.807, 2.05) is 24.3 Å². The van der Waals surface area contributed by atoms with Gasteiger partial charge in [-0.25, -0.2) is 0 Å². The summed E-state index contributed by atoms with van der Waals surface area (Å²) in [5.74, 6) is -0.279. The maximum atomic E-state index is 10.6. The molecule has 2 aromatic carbocycles. The molecule has 18 heavy (non-hydrogen) atoms. The number of hydrogen-bond acceptors (Lipinski definition) is 2. The van der Waals surface area contributed by atoms with Crippen molar-refractivity contribution < 1.29 is 4.92 Å². The van der Waals surface area contributed by atoms with E-state index in [1.54, 1.807) is 12.1 Å². The molecule has 0 amide bonds. The fourth-order valence-electron chi connectivity index (χ4n) is 1.67. The summed E-state index contributed by atoms with van der Waals surface area (Å²) in [6.45, 7) is 0. The van der Waals surface area contributed by atoms with Gasteiger partial charge in [-0.1, -0.05) is 40.2 Å². The van der Waals surface area contributed by atoms with Crippen LogP contribution in [0, 0.1) is 10.1 Å². The molecule has 0 N–H and O–H groups in total. The lowest BCUT2D eigenvalue weighted by Crippen LogP contribution is -2.00. The first-order valence-corrected chi connectivity index (χ1v) is 6.12. The molecule has 2 rings (SSSR count). The Bertz CT molecular complexity index is 554. The van der Waals surface area contributed by atoms with Crippen molar-refractivity contribution in [2.45, 2.75) is 5.82 Å². The smallest absolute Gasteiger partial charge is 0.258 e. The third-order valence-corrected chi connectivity index (χ3v) is 3.22. The molecule has 3 nitrogen and oxygen atoms in total. The first kappa shape index (κ1) is 12.8. The summed E-state index contributed by atoms with van der Waals surface area (Å²) >= 11 is 3.36. The van der Waals surface area contributed by atoms with Crippen LogP contribution in [0.4, 0.5) is 5.69 Å². The summed E-state index contributed by atoms with van der Waals surface area (Å²) in [6.07, 6.45) is 0. The molecule has 0 heterocycles. The van der Waals surface area contributed by atoms with Crippen LogP contribution >= 0.6 is 15.9 Å². The van der Waals surface area contributed by atoms with Crippen LogP contribution in [0.2, 0.25) is 0 Å². The van der Waals surface area contributed by atoms with E-state index in [2.05, 4.69) is 15.9 Å². The molecule has 1 unspecified atom stereocenters. The molecule has 1 atom stereocenters. The Kier molecular flexibility index (Phi) is 3.82. The Morgan fingerprint density at radius 1 is 1.00 bits per heavy atom. The highest BCUT2D eigenvalue weighted by Gasteiger charge is 2.10. The predicted molar refractivity (Wildman–Crippen MR) is 74.8 cm³/mol. The second-order valence-corrected chi connectivity index (χ2v) is 4.79. The lowest BCUT2D eigenvalue weighted by Gasteiger charge is -2.12. The molecule has 0 aliphatic rings. The minimum Gasteiger partial charge on any atom is -0.258 e. The summed E-state index contributed by atoms with van der Waals surface area (Å²) in [7, 11) is 6.11. The Hall–Kier alpha value is -1.62. The maximum Gasteiger partial charge on any atom is 0.269 e. The van der Waals surface area contributed by atoms with Gasteiger partial charge in [-0.05, 0) is 29.1 Å². The molecule has 0 aliphatic heterocycles. The van der Waals surface area contributed by atoms with E-state index >= 15 is 0 Å². The molecule has 88 valence electrons. The number of nitro groups is 1. The molecule has 0 aromatic heterocycles. The van der Waals surface area contributed by atoms with Gasteiger partial charge < -0.3 is 0 Å². The van der Waals surface area contributed by atoms with Gasteiger partial charge in [-0.15, -0.1) is 0 Å². The Balaban J connectivity index is 2.25. The van der Waals surface area contributed by atoms with Gasteiger partial charge in [0.15, 0.2) is 0 Å². The van der Waals surface area contributed by atoms with Gasteiger partial charge in [0.05, 0.1) is 12.8 Å². The van der Waals surface area contributed by atoms with E-state index in [0.717, 1.165) is 15.6 Å². The van der Waals surface area contributed by atoms with Crippen molar-refractivity contribution in [1.29, 1.82) is 0 Å². The van der Waals surface area contributed by atoms with Crippen molar-refractivity contribution in [3.8, 4) is 0 Å². The number of nitro benzene ring substituents is 1. The van der Waals surface area contributed by atoms with Crippen LogP contribution in [-0.4, -0.2) is 12.8 Å². The largest absolute Gasteiger partial charge is 0.269 e. The predicted octanol–water partition coefficient (Wildman–Crippen LogP) is 3.62. The van der Waals surface area contributed by atoms with Crippen LogP contribution in [0.1, 0.15) is 16.9 Å². The molecule has 0 aliphatic carbocycles. The third-order valence-electron chi connectivity index (χ3n) is 2.69. The summed E-state index contributed by atoms with van der Waals surface area (Å²) < 4.78 is 0.988. The van der Waals surface area contributed by atoms with Gasteiger partial charge in [0.2, 0.25) is 0 Å². The van der Waals surface area contributed by atoms with E-state index in [9.17, 15) is 10.1 Å². The highest BCUT2D eigenvalue weighted by atomic mass is 79.9. The zero-order chi connectivity index (χ0) is 13.1. The SMILES string of the molecule is [B]C(c1ccc(Br)cc1)c1ccc([N+](=O)[O-])cc1. The van der Waals surface area contributed by atoms with Crippen LogP contribution < -0.4 is 0 Å². The molecule has 0 bridgehead atoms. The Morgan fingerprint density at radius 3 is 1.89 bits per heavy atom. The van der Waals surface area contributed by atoms with Crippen molar-refractivity contribution in [2.24, 2.45) is 0 Å². The fraction of sp³-hybridized carbons (Fsp3) is 0.0769. The topological polar surface area (TPSA) is 43.1 Å². The first-order valence-electron chi connectivity index (χ1n) is 5.33. The lowest BCUT2D eigenvalue weighted by molar-refractivity contribution is -0.384. The molecular formula is C13H9BBrNO2. The van der Waals surface area contributed by atoms with E-state index in [0.29, 0.717) is 0 Å². The molecule has 0 spiro atoms. The van der Waals surface area contributed by atoms with Gasteiger partial charge in [0.25, 0.3) is 5.69 Å². The number of halogens is 1. The minimum absolute atomic E-state index is 0.0711. The average molecular weight is 302 g/mol. The Labute approximate surface area is 115 Å². The fourth-order valence-corrected chi connectivity index (χ4v) is 1.93. The summed E-state index contributed by atoms with van der Waals surface area (Å²) in [5, 5.41) is 10.6. The van der Waals surface area contributed by atoms with E-state index < -0.39 is 4.92 Å². The number of benzene rings is 2. The number of rotatable bonds is 3. The van der Waals surface area contributed by atoms with Gasteiger partial charge in [0, 0.05) is 16.6 Å². The van der Waals surface area contributed by atoms with E-state index in [4.69, 9.17) is 7.85 Å². The van der Waals surface area contributed by atoms with Crippen molar-refractivity contribution in [2.75, 3.05) is 0 Å².